The molecular formula is C27H25N3O4. The Balaban J connectivity index is 1.32. The second-order valence-electron chi connectivity index (χ2n) is 9.51. The highest BCUT2D eigenvalue weighted by atomic mass is 16.5. The van der Waals surface area contributed by atoms with E-state index in [-0.39, 0.29) is 28.8 Å². The van der Waals surface area contributed by atoms with E-state index in [1.807, 2.05) is 35.8 Å². The lowest BCUT2D eigenvalue weighted by molar-refractivity contribution is 0.101. The van der Waals surface area contributed by atoms with Crippen molar-refractivity contribution in [2.75, 3.05) is 13.1 Å². The number of benzene rings is 1. The molecule has 0 unspecified atom stereocenters. The molecule has 1 aromatic carbocycles. The van der Waals surface area contributed by atoms with Crippen molar-refractivity contribution in [3.63, 3.8) is 0 Å². The Morgan fingerprint density at radius 3 is 2.79 bits per heavy atom. The molecule has 2 atom stereocenters. The van der Waals surface area contributed by atoms with Gasteiger partial charge in [0.15, 0.2) is 5.76 Å². The van der Waals surface area contributed by atoms with Crippen LogP contribution in [0.25, 0.3) is 6.08 Å². The van der Waals surface area contributed by atoms with Crippen molar-refractivity contribution in [2.24, 2.45) is 5.92 Å². The molecule has 34 heavy (non-hydrogen) atoms. The van der Waals surface area contributed by atoms with Crippen LogP contribution in [0.15, 0.2) is 59.3 Å². The number of aromatic nitrogens is 2. The van der Waals surface area contributed by atoms with Gasteiger partial charge in [0, 0.05) is 56.3 Å². The summed E-state index contributed by atoms with van der Waals surface area (Å²) < 4.78 is 7.99. The number of fused-ring (bicyclic) bond motifs is 5. The molecule has 3 aliphatic rings. The normalized spacial score (nSPS) is 22.4. The number of carbonyl (C=O) groups is 1. The second kappa shape index (κ2) is 7.95. The summed E-state index contributed by atoms with van der Waals surface area (Å²) in [6, 6.07) is 10.8. The lowest BCUT2D eigenvalue weighted by Gasteiger charge is -2.43. The number of pyridine rings is 2. The van der Waals surface area contributed by atoms with E-state index in [4.69, 9.17) is 4.74 Å². The predicted molar refractivity (Wildman–Crippen MR) is 127 cm³/mol. The molecule has 6 rings (SSSR count). The van der Waals surface area contributed by atoms with Crippen molar-refractivity contribution < 1.29 is 14.6 Å². The van der Waals surface area contributed by atoms with Gasteiger partial charge in [0.05, 0.1) is 11.1 Å². The number of likely N-dealkylation sites (tertiary alicyclic amines) is 1. The average molecular weight is 456 g/mol. The van der Waals surface area contributed by atoms with Crippen molar-refractivity contribution >= 4 is 11.9 Å². The van der Waals surface area contributed by atoms with Crippen LogP contribution in [-0.4, -0.2) is 38.4 Å². The molecule has 0 radical (unpaired) electrons. The summed E-state index contributed by atoms with van der Waals surface area (Å²) in [6.45, 7) is 4.63. The highest BCUT2D eigenvalue weighted by Crippen LogP contribution is 2.43. The molecule has 0 spiro atoms. The first-order valence-corrected chi connectivity index (χ1v) is 11.6. The van der Waals surface area contributed by atoms with Crippen LogP contribution in [-0.2, 0) is 13.1 Å². The molecule has 5 heterocycles. The number of rotatable bonds is 3. The van der Waals surface area contributed by atoms with E-state index >= 15 is 0 Å². The third-order valence-corrected chi connectivity index (χ3v) is 7.16. The van der Waals surface area contributed by atoms with Crippen LogP contribution in [0.3, 0.4) is 0 Å². The molecular weight excluding hydrogens is 430 g/mol. The molecule has 2 bridgehead atoms. The number of ether oxygens (including phenoxy) is 1. The van der Waals surface area contributed by atoms with Gasteiger partial charge in [0.2, 0.25) is 5.78 Å². The van der Waals surface area contributed by atoms with Crippen LogP contribution in [0.2, 0.25) is 0 Å². The topological polar surface area (TPSA) is 84.7 Å². The average Bonchev–Trinajstić information content (AvgIpc) is 3.14. The number of aromatic hydroxyl groups is 1. The first-order chi connectivity index (χ1) is 16.5. The minimum atomic E-state index is -0.172. The number of hydrogen-bond donors (Lipinski definition) is 1. The molecule has 0 aliphatic carbocycles. The highest BCUT2D eigenvalue weighted by Gasteiger charge is 2.37. The number of phenolic OH excluding ortho intramolecular Hbond substituents is 1. The number of aryl methyl sites for hydroxylation is 1. The Labute approximate surface area is 196 Å². The summed E-state index contributed by atoms with van der Waals surface area (Å²) in [4.78, 5) is 31.8. The lowest BCUT2D eigenvalue weighted by atomic mass is 9.83. The maximum Gasteiger partial charge on any atom is 0.250 e. The third-order valence-electron chi connectivity index (χ3n) is 7.16. The number of ketones is 1. The second-order valence-corrected chi connectivity index (χ2v) is 9.51. The maximum atomic E-state index is 13.2. The molecule has 1 fully saturated rings. The van der Waals surface area contributed by atoms with E-state index in [1.165, 1.54) is 0 Å². The third kappa shape index (κ3) is 3.44. The Kier molecular flexibility index (Phi) is 4.88. The summed E-state index contributed by atoms with van der Waals surface area (Å²) in [6.07, 6.45) is 6.11. The van der Waals surface area contributed by atoms with Crippen molar-refractivity contribution in [1.82, 2.24) is 14.5 Å². The molecule has 1 saturated heterocycles. The zero-order valence-corrected chi connectivity index (χ0v) is 18.9. The van der Waals surface area contributed by atoms with Gasteiger partial charge in [-0.1, -0.05) is 6.07 Å². The SMILES string of the molecule is Cc1cc(O)c(CN2C[C@H]3C[C@@H](C2)c2cccc(=O)n2C3)c2c1C(=O)/C(=C/c1ccncc1)O2. The van der Waals surface area contributed by atoms with Crippen LogP contribution in [0.1, 0.15) is 45.1 Å². The van der Waals surface area contributed by atoms with Crippen LogP contribution >= 0.6 is 0 Å². The van der Waals surface area contributed by atoms with Gasteiger partial charge in [-0.3, -0.25) is 19.5 Å². The van der Waals surface area contributed by atoms with E-state index < -0.39 is 0 Å². The highest BCUT2D eigenvalue weighted by molar-refractivity contribution is 6.15. The molecule has 1 N–H and O–H groups in total. The summed E-state index contributed by atoms with van der Waals surface area (Å²) in [5.74, 6) is 1.31. The predicted octanol–water partition coefficient (Wildman–Crippen LogP) is 3.49. The van der Waals surface area contributed by atoms with Crippen LogP contribution in [0.5, 0.6) is 11.5 Å². The number of Topliss-reactive ketones (excluding diaryl/α,β-unsaturated/α-hetero) is 1. The first-order valence-electron chi connectivity index (χ1n) is 11.6. The van der Waals surface area contributed by atoms with Gasteiger partial charge < -0.3 is 14.4 Å². The maximum absolute atomic E-state index is 13.2. The Hall–Kier alpha value is -3.71. The summed E-state index contributed by atoms with van der Waals surface area (Å²) in [5.41, 5.74) is 3.83. The fourth-order valence-electron chi connectivity index (χ4n) is 5.69. The fourth-order valence-corrected chi connectivity index (χ4v) is 5.69. The smallest absolute Gasteiger partial charge is 0.250 e. The van der Waals surface area contributed by atoms with Gasteiger partial charge in [0.1, 0.15) is 11.5 Å². The van der Waals surface area contributed by atoms with E-state index in [9.17, 15) is 14.7 Å². The van der Waals surface area contributed by atoms with Gasteiger partial charge in [-0.2, -0.15) is 0 Å². The Bertz CT molecular complexity index is 1390. The number of nitrogens with zero attached hydrogens (tertiary/aromatic N) is 3. The first kappa shape index (κ1) is 20.9. The number of hydrogen-bond acceptors (Lipinski definition) is 6. The number of carbonyl (C=O) groups excluding carboxylic acids is 1. The lowest BCUT2D eigenvalue weighted by Crippen LogP contribution is -2.46. The molecule has 2 aromatic heterocycles. The molecule has 7 heteroatoms. The van der Waals surface area contributed by atoms with Gasteiger partial charge in [-0.15, -0.1) is 0 Å². The van der Waals surface area contributed by atoms with Crippen LogP contribution in [0, 0.1) is 12.8 Å². The van der Waals surface area contributed by atoms with Crippen molar-refractivity contribution in [3.05, 3.63) is 92.9 Å². The zero-order valence-electron chi connectivity index (χ0n) is 18.9. The standard InChI is InChI=1S/C27H25N3O4/c1-16-9-22(31)20(27-25(16)26(33)23(34-27)11-17-5-7-28-8-6-17)15-29-12-18-10-19(14-29)21-3-2-4-24(32)30(21)13-18/h2-9,11,18-19,31H,10,12-15H2,1H3/b23-11-/t18-,19+/m1/s1. The van der Waals surface area contributed by atoms with Crippen molar-refractivity contribution in [1.29, 1.82) is 0 Å². The van der Waals surface area contributed by atoms with Gasteiger partial charge in [-0.05, 0) is 60.7 Å². The summed E-state index contributed by atoms with van der Waals surface area (Å²) in [5, 5.41) is 10.9. The van der Waals surface area contributed by atoms with Gasteiger partial charge >= 0.3 is 0 Å². The van der Waals surface area contributed by atoms with E-state index in [2.05, 4.69) is 9.88 Å². The molecule has 3 aliphatic heterocycles. The summed E-state index contributed by atoms with van der Waals surface area (Å²) >= 11 is 0. The minimum Gasteiger partial charge on any atom is -0.507 e. The molecule has 3 aromatic rings. The van der Waals surface area contributed by atoms with E-state index in [1.54, 1.807) is 30.6 Å². The summed E-state index contributed by atoms with van der Waals surface area (Å²) in [7, 11) is 0. The molecule has 7 nitrogen and oxygen atoms in total. The minimum absolute atomic E-state index is 0.0649. The molecule has 172 valence electrons. The fraction of sp³-hybridized carbons (Fsp3) is 0.296. The zero-order chi connectivity index (χ0) is 23.4. The Morgan fingerprint density at radius 2 is 1.97 bits per heavy atom. The quantitative estimate of drug-likeness (QED) is 0.609. The van der Waals surface area contributed by atoms with E-state index in [0.717, 1.165) is 30.8 Å². The number of piperidine rings is 1. The number of phenols is 1. The van der Waals surface area contributed by atoms with Gasteiger partial charge in [-0.25, -0.2) is 0 Å². The largest absolute Gasteiger partial charge is 0.507 e. The monoisotopic (exact) mass is 455 g/mol. The van der Waals surface area contributed by atoms with Crippen molar-refractivity contribution in [3.8, 4) is 11.5 Å². The molecule has 0 saturated carbocycles. The van der Waals surface area contributed by atoms with Crippen LogP contribution < -0.4 is 10.3 Å². The molecule has 0 amide bonds. The number of allylic oxidation sites excluding steroid dienone is 1. The van der Waals surface area contributed by atoms with Crippen LogP contribution in [0.4, 0.5) is 0 Å². The van der Waals surface area contributed by atoms with E-state index in [0.29, 0.717) is 41.4 Å². The van der Waals surface area contributed by atoms with Gasteiger partial charge in [0.25, 0.3) is 5.56 Å². The van der Waals surface area contributed by atoms with Crippen molar-refractivity contribution in [2.45, 2.75) is 32.4 Å². The Morgan fingerprint density at radius 1 is 1.15 bits per heavy atom.